The molecule has 1 fully saturated rings. The zero-order valence-corrected chi connectivity index (χ0v) is 20.1. The molecular formula is C26H35N3O4+2. The topological polar surface area (TPSA) is 85.4 Å². The largest absolute Gasteiger partial charge is 0.507 e. The first kappa shape index (κ1) is 24.5. The van der Waals surface area contributed by atoms with E-state index in [1.54, 1.807) is 29.4 Å². The molecule has 2 heterocycles. The van der Waals surface area contributed by atoms with Crippen molar-refractivity contribution in [3.8, 4) is 5.75 Å². The molecule has 33 heavy (non-hydrogen) atoms. The third-order valence-corrected chi connectivity index (χ3v) is 5.70. The van der Waals surface area contributed by atoms with Crippen molar-refractivity contribution in [1.82, 2.24) is 4.90 Å². The van der Waals surface area contributed by atoms with Crippen molar-refractivity contribution in [2.75, 3.05) is 33.8 Å². The van der Waals surface area contributed by atoms with Crippen molar-refractivity contribution in [3.05, 3.63) is 65.0 Å². The van der Waals surface area contributed by atoms with Crippen LogP contribution < -0.4 is 14.6 Å². The number of likely N-dealkylation sites (tertiary alicyclic amines) is 1. The highest BCUT2D eigenvalue weighted by molar-refractivity contribution is 6.46. The lowest BCUT2D eigenvalue weighted by atomic mass is 9.94. The maximum absolute atomic E-state index is 13.1. The number of aliphatic hydroxyl groups excluding tert-OH is 1. The number of quaternary nitrogens is 1. The molecule has 1 saturated heterocycles. The maximum atomic E-state index is 13.1. The van der Waals surface area contributed by atoms with Crippen LogP contribution in [0.3, 0.4) is 0 Å². The Morgan fingerprint density at radius 3 is 2.61 bits per heavy atom. The number of aliphatic hydroxyl groups is 1. The number of hydrogen-bond acceptors (Lipinski definition) is 4. The quantitative estimate of drug-likeness (QED) is 0.345. The van der Waals surface area contributed by atoms with E-state index in [1.807, 2.05) is 25.1 Å². The number of hydrogen-bond donors (Lipinski definition) is 2. The molecule has 1 aliphatic rings. The van der Waals surface area contributed by atoms with Gasteiger partial charge in [0.2, 0.25) is 0 Å². The fourth-order valence-electron chi connectivity index (χ4n) is 4.04. The molecule has 0 spiro atoms. The van der Waals surface area contributed by atoms with E-state index in [4.69, 9.17) is 4.74 Å². The van der Waals surface area contributed by atoms with Gasteiger partial charge in [0, 0.05) is 30.2 Å². The minimum atomic E-state index is -0.655. The Morgan fingerprint density at radius 1 is 1.24 bits per heavy atom. The van der Waals surface area contributed by atoms with Crippen LogP contribution in [0.15, 0.2) is 48.3 Å². The third-order valence-electron chi connectivity index (χ3n) is 5.70. The molecule has 0 radical (unpaired) electrons. The fourth-order valence-corrected chi connectivity index (χ4v) is 4.04. The van der Waals surface area contributed by atoms with Crippen LogP contribution in [0.25, 0.3) is 5.76 Å². The summed E-state index contributed by atoms with van der Waals surface area (Å²) in [5, 5.41) is 11.3. The minimum Gasteiger partial charge on any atom is -0.507 e. The van der Waals surface area contributed by atoms with Crippen LogP contribution in [0.4, 0.5) is 0 Å². The van der Waals surface area contributed by atoms with Gasteiger partial charge in [0.05, 0.1) is 38.9 Å². The maximum Gasteiger partial charge on any atom is 0.295 e. The second-order valence-corrected chi connectivity index (χ2v) is 9.32. The number of amides is 1. The standard InChI is InChI=1S/C26H33N3O4/c1-17(2)16-33-20-9-10-21(18(3)14-20)24(30)22-23(19-8-6-11-27-15-19)29(26(32)25(22)31)13-7-12-28(4)5/h6,8-11,14-15,17,23,30H,7,12-13,16H2,1-5H3/p+2. The second kappa shape index (κ2) is 10.6. The second-order valence-electron chi connectivity index (χ2n) is 9.32. The Morgan fingerprint density at radius 2 is 2.00 bits per heavy atom. The molecular weight excluding hydrogens is 418 g/mol. The summed E-state index contributed by atoms with van der Waals surface area (Å²) in [6.45, 7) is 7.91. The molecule has 1 aliphatic heterocycles. The van der Waals surface area contributed by atoms with E-state index in [9.17, 15) is 14.7 Å². The summed E-state index contributed by atoms with van der Waals surface area (Å²) in [7, 11) is 4.10. The molecule has 3 N–H and O–H groups in total. The predicted molar refractivity (Wildman–Crippen MR) is 126 cm³/mol. The lowest BCUT2D eigenvalue weighted by Gasteiger charge is -2.24. The number of aryl methyl sites for hydroxylation is 1. The number of benzene rings is 1. The average Bonchev–Trinajstić information content (AvgIpc) is 3.02. The summed E-state index contributed by atoms with van der Waals surface area (Å²) in [5.74, 6) is -0.285. The molecule has 7 nitrogen and oxygen atoms in total. The third kappa shape index (κ3) is 5.60. The first-order valence-corrected chi connectivity index (χ1v) is 11.5. The number of nitrogens with one attached hydrogen (secondary N) is 2. The molecule has 1 atom stereocenters. The van der Waals surface area contributed by atoms with Crippen molar-refractivity contribution in [3.63, 3.8) is 0 Å². The van der Waals surface area contributed by atoms with Crippen LogP contribution in [0, 0.1) is 12.8 Å². The molecule has 1 amide bonds. The Hall–Kier alpha value is -3.19. The van der Waals surface area contributed by atoms with E-state index in [2.05, 4.69) is 32.9 Å². The van der Waals surface area contributed by atoms with Crippen LogP contribution >= 0.6 is 0 Å². The van der Waals surface area contributed by atoms with Gasteiger partial charge in [0.1, 0.15) is 11.5 Å². The van der Waals surface area contributed by atoms with Crippen LogP contribution in [-0.2, 0) is 9.59 Å². The summed E-state index contributed by atoms with van der Waals surface area (Å²) < 4.78 is 5.78. The van der Waals surface area contributed by atoms with E-state index in [1.165, 1.54) is 4.90 Å². The lowest BCUT2D eigenvalue weighted by Crippen LogP contribution is -3.05. The monoisotopic (exact) mass is 453 g/mol. The van der Waals surface area contributed by atoms with Gasteiger partial charge in [0.15, 0.2) is 12.4 Å². The summed E-state index contributed by atoms with van der Waals surface area (Å²) in [5.41, 5.74) is 2.17. The molecule has 1 aromatic heterocycles. The van der Waals surface area contributed by atoms with E-state index in [0.29, 0.717) is 30.4 Å². The van der Waals surface area contributed by atoms with Crippen LogP contribution in [0.1, 0.15) is 43.0 Å². The number of ketones is 1. The first-order chi connectivity index (χ1) is 15.7. The smallest absolute Gasteiger partial charge is 0.295 e. The van der Waals surface area contributed by atoms with Gasteiger partial charge in [-0.1, -0.05) is 13.8 Å². The normalized spacial score (nSPS) is 17.9. The molecule has 176 valence electrons. The van der Waals surface area contributed by atoms with Crippen LogP contribution in [0.2, 0.25) is 0 Å². The Kier molecular flexibility index (Phi) is 7.87. The summed E-state index contributed by atoms with van der Waals surface area (Å²) >= 11 is 0. The number of H-pyrrole nitrogens is 1. The number of Topliss-reactive ketones (excluding diaryl/α,β-unsaturated/α-hetero) is 1. The number of nitrogens with zero attached hydrogens (tertiary/aromatic N) is 1. The van der Waals surface area contributed by atoms with Gasteiger partial charge < -0.3 is 19.6 Å². The van der Waals surface area contributed by atoms with Gasteiger partial charge in [-0.25, -0.2) is 4.98 Å². The molecule has 0 aliphatic carbocycles. The number of aromatic nitrogens is 1. The lowest BCUT2D eigenvalue weighted by molar-refractivity contribution is -0.858. The van der Waals surface area contributed by atoms with E-state index >= 15 is 0 Å². The van der Waals surface area contributed by atoms with Crippen molar-refractivity contribution in [1.29, 1.82) is 0 Å². The Labute approximate surface area is 195 Å². The average molecular weight is 454 g/mol. The van der Waals surface area contributed by atoms with Gasteiger partial charge in [0.25, 0.3) is 11.7 Å². The van der Waals surface area contributed by atoms with Crippen molar-refractivity contribution >= 4 is 17.4 Å². The molecule has 1 unspecified atom stereocenters. The molecule has 3 rings (SSSR count). The molecule has 2 aromatic rings. The highest BCUT2D eigenvalue weighted by atomic mass is 16.5. The number of rotatable bonds is 9. The van der Waals surface area contributed by atoms with E-state index in [-0.39, 0.29) is 11.3 Å². The summed E-state index contributed by atoms with van der Waals surface area (Å²) in [4.78, 5) is 32.0. The Balaban J connectivity index is 2.02. The number of ether oxygens (including phenoxy) is 1. The predicted octanol–water partition coefficient (Wildman–Crippen LogP) is 1.80. The zero-order chi connectivity index (χ0) is 24.1. The SMILES string of the molecule is Cc1cc(OCC(C)C)ccc1C(O)=C1C(=O)C(=O)N(CCC[NH+](C)C)C1c1ccc[nH+]c1. The first-order valence-electron chi connectivity index (χ1n) is 11.5. The number of aromatic amines is 1. The number of carbonyl (C=O) groups is 2. The Bertz CT molecular complexity index is 1030. The van der Waals surface area contributed by atoms with Crippen molar-refractivity contribution < 1.29 is 29.3 Å². The van der Waals surface area contributed by atoms with Crippen molar-refractivity contribution in [2.24, 2.45) is 5.92 Å². The van der Waals surface area contributed by atoms with Gasteiger partial charge >= 0.3 is 0 Å². The highest BCUT2D eigenvalue weighted by Crippen LogP contribution is 2.39. The molecule has 0 bridgehead atoms. The molecule has 7 heteroatoms. The number of pyridine rings is 1. The van der Waals surface area contributed by atoms with Gasteiger partial charge in [-0.05, 0) is 42.7 Å². The molecule has 1 aromatic carbocycles. The van der Waals surface area contributed by atoms with Crippen LogP contribution in [-0.4, -0.2) is 55.5 Å². The minimum absolute atomic E-state index is 0.121. The van der Waals surface area contributed by atoms with Gasteiger partial charge in [-0.2, -0.15) is 0 Å². The van der Waals surface area contributed by atoms with Gasteiger partial charge in [-0.3, -0.25) is 9.59 Å². The summed E-state index contributed by atoms with van der Waals surface area (Å²) in [6, 6.07) is 8.42. The van der Waals surface area contributed by atoms with Crippen molar-refractivity contribution in [2.45, 2.75) is 33.2 Å². The zero-order valence-electron chi connectivity index (χ0n) is 20.1. The van der Waals surface area contributed by atoms with E-state index in [0.717, 1.165) is 24.1 Å². The summed E-state index contributed by atoms with van der Waals surface area (Å²) in [6.07, 6.45) is 4.29. The molecule has 0 saturated carbocycles. The highest BCUT2D eigenvalue weighted by Gasteiger charge is 2.46. The number of carbonyl (C=O) groups excluding carboxylic acids is 2. The van der Waals surface area contributed by atoms with E-state index < -0.39 is 17.7 Å². The van der Waals surface area contributed by atoms with Gasteiger partial charge in [-0.15, -0.1) is 0 Å². The fraction of sp³-hybridized carbons (Fsp3) is 0.423. The van der Waals surface area contributed by atoms with Crippen LogP contribution in [0.5, 0.6) is 5.75 Å².